The summed E-state index contributed by atoms with van der Waals surface area (Å²) in [5.74, 6) is 2.31. The lowest BCUT2D eigenvalue weighted by Gasteiger charge is -2.23. The number of aryl methyl sites for hydroxylation is 1. The third-order valence-corrected chi connectivity index (χ3v) is 5.71. The minimum atomic E-state index is 0.175. The molecule has 1 fully saturated rings. The van der Waals surface area contributed by atoms with E-state index in [-0.39, 0.29) is 11.8 Å². The van der Waals surface area contributed by atoms with E-state index >= 15 is 0 Å². The molecule has 4 rings (SSSR count). The summed E-state index contributed by atoms with van der Waals surface area (Å²) in [5.41, 5.74) is 2.79. The number of carbonyl (C=O) groups is 1. The molecular formula is C26H31N3O3. The molecule has 3 aromatic rings. The molecule has 1 aliphatic rings. The van der Waals surface area contributed by atoms with Gasteiger partial charge in [0.2, 0.25) is 11.8 Å². The van der Waals surface area contributed by atoms with E-state index in [1.54, 1.807) is 7.11 Å². The van der Waals surface area contributed by atoms with Crippen molar-refractivity contribution in [2.75, 3.05) is 13.7 Å². The smallest absolute Gasteiger partial charge is 0.228 e. The zero-order valence-electron chi connectivity index (χ0n) is 19.1. The first kappa shape index (κ1) is 21.9. The van der Waals surface area contributed by atoms with Gasteiger partial charge in [0.1, 0.15) is 0 Å². The topological polar surface area (TPSA) is 56.6 Å². The van der Waals surface area contributed by atoms with Gasteiger partial charge in [-0.05, 0) is 49.9 Å². The molecule has 2 aromatic carbocycles. The Bertz CT molecular complexity index is 1060. The molecular weight excluding hydrogens is 402 g/mol. The summed E-state index contributed by atoms with van der Waals surface area (Å²) in [6.07, 6.45) is 3.64. The summed E-state index contributed by atoms with van der Waals surface area (Å²) < 4.78 is 13.8. The number of amides is 1. The Balaban J connectivity index is 1.80. The van der Waals surface area contributed by atoms with E-state index in [1.807, 2.05) is 64.2 Å². The Morgan fingerprint density at radius 2 is 1.75 bits per heavy atom. The zero-order chi connectivity index (χ0) is 22.5. The minimum absolute atomic E-state index is 0.175. The lowest BCUT2D eigenvalue weighted by atomic mass is 10.1. The molecule has 1 aliphatic carbocycles. The van der Waals surface area contributed by atoms with Crippen LogP contribution in [0.4, 0.5) is 0 Å². The zero-order valence-corrected chi connectivity index (χ0v) is 19.1. The normalized spacial score (nSPS) is 13.1. The lowest BCUT2D eigenvalue weighted by Crippen LogP contribution is -2.32. The highest BCUT2D eigenvalue weighted by Crippen LogP contribution is 2.37. The molecule has 0 unspecified atom stereocenters. The molecule has 1 aromatic heterocycles. The number of hydrogen-bond donors (Lipinski definition) is 0. The SMILES string of the molecule is CCCN(Cc1c(CC)nn(-c2ccccc2)c1Oc1ccccc1OC)C(=O)C1CC1. The van der Waals surface area contributed by atoms with E-state index in [0.29, 0.717) is 23.9 Å². The number of aromatic nitrogens is 2. The third kappa shape index (κ3) is 4.64. The van der Waals surface area contributed by atoms with Crippen LogP contribution in [0.3, 0.4) is 0 Å². The summed E-state index contributed by atoms with van der Waals surface area (Å²) >= 11 is 0. The van der Waals surface area contributed by atoms with Crippen molar-refractivity contribution in [3.05, 3.63) is 65.9 Å². The van der Waals surface area contributed by atoms with Crippen LogP contribution in [0.25, 0.3) is 5.69 Å². The highest BCUT2D eigenvalue weighted by molar-refractivity contribution is 5.81. The first-order valence-corrected chi connectivity index (χ1v) is 11.4. The predicted molar refractivity (Wildman–Crippen MR) is 124 cm³/mol. The van der Waals surface area contributed by atoms with Crippen LogP contribution in [0.2, 0.25) is 0 Å². The maximum Gasteiger partial charge on any atom is 0.228 e. The first-order chi connectivity index (χ1) is 15.7. The van der Waals surface area contributed by atoms with Gasteiger partial charge in [0, 0.05) is 12.5 Å². The highest BCUT2D eigenvalue weighted by Gasteiger charge is 2.34. The molecule has 32 heavy (non-hydrogen) atoms. The summed E-state index contributed by atoms with van der Waals surface area (Å²) in [4.78, 5) is 15.0. The van der Waals surface area contributed by atoms with E-state index in [2.05, 4.69) is 13.8 Å². The van der Waals surface area contributed by atoms with Gasteiger partial charge in [-0.25, -0.2) is 4.68 Å². The Morgan fingerprint density at radius 3 is 2.38 bits per heavy atom. The average Bonchev–Trinajstić information content (AvgIpc) is 3.63. The van der Waals surface area contributed by atoms with Gasteiger partial charge in [-0.2, -0.15) is 5.10 Å². The number of rotatable bonds is 10. The quantitative estimate of drug-likeness (QED) is 0.430. The fourth-order valence-corrected chi connectivity index (χ4v) is 3.89. The van der Waals surface area contributed by atoms with Gasteiger partial charge in [-0.15, -0.1) is 0 Å². The van der Waals surface area contributed by atoms with E-state index in [9.17, 15) is 4.79 Å². The molecule has 6 heteroatoms. The van der Waals surface area contributed by atoms with E-state index in [0.717, 1.165) is 49.2 Å². The molecule has 6 nitrogen and oxygen atoms in total. The van der Waals surface area contributed by atoms with E-state index < -0.39 is 0 Å². The summed E-state index contributed by atoms with van der Waals surface area (Å²) in [6.45, 7) is 5.40. The van der Waals surface area contributed by atoms with E-state index in [1.165, 1.54) is 0 Å². The molecule has 0 bridgehead atoms. The van der Waals surface area contributed by atoms with Crippen LogP contribution >= 0.6 is 0 Å². The minimum Gasteiger partial charge on any atom is -0.493 e. The van der Waals surface area contributed by atoms with Crippen LogP contribution in [-0.4, -0.2) is 34.2 Å². The molecule has 0 N–H and O–H groups in total. The van der Waals surface area contributed by atoms with Crippen LogP contribution in [0, 0.1) is 5.92 Å². The van der Waals surface area contributed by atoms with Crippen molar-refractivity contribution in [2.24, 2.45) is 5.92 Å². The maximum absolute atomic E-state index is 13.0. The molecule has 0 spiro atoms. The van der Waals surface area contributed by atoms with E-state index in [4.69, 9.17) is 14.6 Å². The van der Waals surface area contributed by atoms with Crippen molar-refractivity contribution >= 4 is 5.91 Å². The van der Waals surface area contributed by atoms with Crippen LogP contribution in [0.5, 0.6) is 17.4 Å². The summed E-state index contributed by atoms with van der Waals surface area (Å²) in [7, 11) is 1.63. The van der Waals surface area contributed by atoms with Gasteiger partial charge in [-0.3, -0.25) is 4.79 Å². The molecule has 0 radical (unpaired) electrons. The van der Waals surface area contributed by atoms with Gasteiger partial charge in [-0.1, -0.05) is 44.2 Å². The second kappa shape index (κ2) is 9.90. The first-order valence-electron chi connectivity index (χ1n) is 11.4. The molecule has 168 valence electrons. The molecule has 1 heterocycles. The molecule has 1 saturated carbocycles. The Hall–Kier alpha value is -3.28. The van der Waals surface area contributed by atoms with Crippen molar-refractivity contribution in [1.29, 1.82) is 0 Å². The van der Waals surface area contributed by atoms with Crippen LogP contribution in [0.1, 0.15) is 44.4 Å². The van der Waals surface area contributed by atoms with Gasteiger partial charge < -0.3 is 14.4 Å². The lowest BCUT2D eigenvalue weighted by molar-refractivity contribution is -0.133. The second-order valence-electron chi connectivity index (χ2n) is 8.12. The number of ether oxygens (including phenoxy) is 2. The van der Waals surface area contributed by atoms with Crippen molar-refractivity contribution in [2.45, 2.75) is 46.1 Å². The number of hydrogen-bond acceptors (Lipinski definition) is 4. The van der Waals surface area contributed by atoms with Crippen molar-refractivity contribution in [1.82, 2.24) is 14.7 Å². The Morgan fingerprint density at radius 1 is 1.06 bits per heavy atom. The average molecular weight is 434 g/mol. The summed E-state index contributed by atoms with van der Waals surface area (Å²) in [5, 5.41) is 4.90. The fourth-order valence-electron chi connectivity index (χ4n) is 3.89. The summed E-state index contributed by atoms with van der Waals surface area (Å²) in [6, 6.07) is 17.5. The number of nitrogens with zero attached hydrogens (tertiary/aromatic N) is 3. The van der Waals surface area contributed by atoms with Crippen LogP contribution in [0.15, 0.2) is 54.6 Å². The molecule has 1 amide bonds. The van der Waals surface area contributed by atoms with Gasteiger partial charge >= 0.3 is 0 Å². The monoisotopic (exact) mass is 433 g/mol. The van der Waals surface area contributed by atoms with Crippen molar-refractivity contribution in [3.63, 3.8) is 0 Å². The maximum atomic E-state index is 13.0. The highest BCUT2D eigenvalue weighted by atomic mass is 16.5. The van der Waals surface area contributed by atoms with Crippen molar-refractivity contribution in [3.8, 4) is 23.1 Å². The number of para-hydroxylation sites is 3. The Kier molecular flexibility index (Phi) is 6.78. The van der Waals surface area contributed by atoms with Gasteiger partial charge in [0.15, 0.2) is 11.5 Å². The molecule has 0 atom stereocenters. The van der Waals surface area contributed by atoms with Crippen LogP contribution in [-0.2, 0) is 17.8 Å². The molecule has 0 saturated heterocycles. The predicted octanol–water partition coefficient (Wildman–Crippen LogP) is 5.38. The number of benzene rings is 2. The standard InChI is InChI=1S/C26H31N3O3/c1-4-17-28(25(30)19-15-16-19)18-21-22(5-2)27-29(20-11-7-6-8-12-20)26(21)32-24-14-10-9-13-23(24)31-3/h6-14,19H,4-5,15-18H2,1-3H3. The molecule has 0 aliphatic heterocycles. The second-order valence-corrected chi connectivity index (χ2v) is 8.12. The van der Waals surface area contributed by atoms with Crippen molar-refractivity contribution < 1.29 is 14.3 Å². The number of carbonyl (C=O) groups excluding carboxylic acids is 1. The van der Waals surface area contributed by atoms with Gasteiger partial charge in [0.25, 0.3) is 0 Å². The fraction of sp³-hybridized carbons (Fsp3) is 0.385. The Labute approximate surface area is 189 Å². The number of methoxy groups -OCH3 is 1. The largest absolute Gasteiger partial charge is 0.493 e. The third-order valence-electron chi connectivity index (χ3n) is 5.71. The van der Waals surface area contributed by atoms with Gasteiger partial charge in [0.05, 0.1) is 30.6 Å². The van der Waals surface area contributed by atoms with Crippen LogP contribution < -0.4 is 9.47 Å².